The van der Waals surface area contributed by atoms with Crippen molar-refractivity contribution in [3.05, 3.63) is 64.7 Å². The van der Waals surface area contributed by atoms with Crippen LogP contribution in [0.3, 0.4) is 0 Å². The monoisotopic (exact) mass is 300 g/mol. The maximum atomic E-state index is 11.5. The van der Waals surface area contributed by atoms with E-state index in [1.54, 1.807) is 0 Å². The molecule has 21 heavy (non-hydrogen) atoms. The molecule has 2 rings (SSSR count). The smallest absolute Gasteiger partial charge is 0.317 e. The minimum Gasteiger partial charge on any atom is -0.480 e. The van der Waals surface area contributed by atoms with Crippen LogP contribution in [0.15, 0.2) is 47.4 Å². The second-order valence-corrected chi connectivity index (χ2v) is 6.73. The molecular formula is C18H20O2S. The van der Waals surface area contributed by atoms with Gasteiger partial charge in [-0.1, -0.05) is 47.0 Å². The van der Waals surface area contributed by atoms with E-state index < -0.39 is 11.2 Å². The molecule has 0 aromatic heterocycles. The van der Waals surface area contributed by atoms with Crippen molar-refractivity contribution < 1.29 is 9.90 Å². The molecule has 0 radical (unpaired) electrons. The van der Waals surface area contributed by atoms with Gasteiger partial charge in [0.15, 0.2) is 0 Å². The molecule has 3 heteroatoms. The number of carboxylic acids is 1. The van der Waals surface area contributed by atoms with E-state index in [4.69, 9.17) is 0 Å². The lowest BCUT2D eigenvalue weighted by Crippen LogP contribution is -2.19. The van der Waals surface area contributed by atoms with Gasteiger partial charge in [-0.3, -0.25) is 4.79 Å². The Morgan fingerprint density at radius 1 is 1.00 bits per heavy atom. The predicted octanol–water partition coefficient (Wildman–Crippen LogP) is 4.40. The summed E-state index contributed by atoms with van der Waals surface area (Å²) in [5.74, 6) is -0.764. The molecule has 2 aromatic carbocycles. The molecule has 0 bridgehead atoms. The first kappa shape index (κ1) is 15.6. The largest absolute Gasteiger partial charge is 0.480 e. The van der Waals surface area contributed by atoms with Gasteiger partial charge in [0.25, 0.3) is 0 Å². The molecule has 2 nitrogen and oxygen atoms in total. The maximum Gasteiger partial charge on any atom is 0.317 e. The fourth-order valence-corrected chi connectivity index (χ4v) is 3.36. The standard InChI is InChI=1S/C18H20O2S/c1-12-4-6-16(7-5-12)21-17(18(19)20)11-15-9-13(2)8-14(3)10-15/h4-10,17H,11H2,1-3H3,(H,19,20)/t17-/m1/s1. The molecule has 0 aliphatic carbocycles. The Morgan fingerprint density at radius 2 is 1.57 bits per heavy atom. The number of carbonyl (C=O) groups is 1. The van der Waals surface area contributed by atoms with E-state index in [1.807, 2.05) is 45.0 Å². The van der Waals surface area contributed by atoms with E-state index in [0.29, 0.717) is 6.42 Å². The number of hydrogen-bond donors (Lipinski definition) is 1. The van der Waals surface area contributed by atoms with E-state index in [-0.39, 0.29) is 0 Å². The summed E-state index contributed by atoms with van der Waals surface area (Å²) >= 11 is 1.41. The van der Waals surface area contributed by atoms with Crippen LogP contribution in [0.5, 0.6) is 0 Å². The van der Waals surface area contributed by atoms with Gasteiger partial charge in [0, 0.05) is 4.90 Å². The minimum absolute atomic E-state index is 0.464. The second-order valence-electron chi connectivity index (χ2n) is 5.46. The van der Waals surface area contributed by atoms with Gasteiger partial charge in [-0.2, -0.15) is 0 Å². The summed E-state index contributed by atoms with van der Waals surface area (Å²) in [5.41, 5.74) is 4.61. The van der Waals surface area contributed by atoms with Gasteiger partial charge in [-0.15, -0.1) is 11.8 Å². The van der Waals surface area contributed by atoms with Gasteiger partial charge in [0.1, 0.15) is 5.25 Å². The highest BCUT2D eigenvalue weighted by molar-refractivity contribution is 8.00. The summed E-state index contributed by atoms with van der Waals surface area (Å²) in [6, 6.07) is 14.2. The lowest BCUT2D eigenvalue weighted by Gasteiger charge is -2.13. The lowest BCUT2D eigenvalue weighted by atomic mass is 10.0. The van der Waals surface area contributed by atoms with Gasteiger partial charge >= 0.3 is 5.97 Å². The molecule has 0 spiro atoms. The van der Waals surface area contributed by atoms with E-state index in [0.717, 1.165) is 10.5 Å². The lowest BCUT2D eigenvalue weighted by molar-refractivity contribution is -0.136. The Kier molecular flexibility index (Phi) is 5.07. The van der Waals surface area contributed by atoms with Crippen LogP contribution >= 0.6 is 11.8 Å². The van der Waals surface area contributed by atoms with Crippen molar-refractivity contribution in [1.82, 2.24) is 0 Å². The molecule has 0 unspecified atom stereocenters. The Balaban J connectivity index is 2.15. The third kappa shape index (κ3) is 4.64. The van der Waals surface area contributed by atoms with Crippen LogP contribution in [-0.4, -0.2) is 16.3 Å². The fraction of sp³-hybridized carbons (Fsp3) is 0.278. The van der Waals surface area contributed by atoms with E-state index in [9.17, 15) is 9.90 Å². The average Bonchev–Trinajstić information content (AvgIpc) is 2.39. The molecular weight excluding hydrogens is 280 g/mol. The number of carboxylic acid groups (broad SMARTS) is 1. The van der Waals surface area contributed by atoms with Crippen LogP contribution in [0.4, 0.5) is 0 Å². The molecule has 0 amide bonds. The molecule has 0 aliphatic heterocycles. The minimum atomic E-state index is -0.764. The highest BCUT2D eigenvalue weighted by Gasteiger charge is 2.19. The normalized spacial score (nSPS) is 12.1. The number of benzene rings is 2. The van der Waals surface area contributed by atoms with Crippen LogP contribution in [0, 0.1) is 20.8 Å². The SMILES string of the molecule is Cc1ccc(S[C@H](Cc2cc(C)cc(C)c2)C(=O)O)cc1. The molecule has 0 aliphatic rings. The number of aryl methyl sites for hydroxylation is 3. The highest BCUT2D eigenvalue weighted by Crippen LogP contribution is 2.27. The Hall–Kier alpha value is -1.74. The highest BCUT2D eigenvalue weighted by atomic mass is 32.2. The summed E-state index contributed by atoms with van der Waals surface area (Å²) in [6.45, 7) is 6.11. The van der Waals surface area contributed by atoms with Crippen molar-refractivity contribution in [2.75, 3.05) is 0 Å². The van der Waals surface area contributed by atoms with Crippen molar-refractivity contribution in [3.63, 3.8) is 0 Å². The summed E-state index contributed by atoms with van der Waals surface area (Å²) in [4.78, 5) is 12.5. The van der Waals surface area contributed by atoms with Crippen LogP contribution in [-0.2, 0) is 11.2 Å². The molecule has 0 fully saturated rings. The first-order chi connectivity index (χ1) is 9.94. The van der Waals surface area contributed by atoms with Gasteiger partial charge in [-0.05, 0) is 44.9 Å². The van der Waals surface area contributed by atoms with Crippen LogP contribution in [0.25, 0.3) is 0 Å². The fourth-order valence-electron chi connectivity index (χ4n) is 2.36. The molecule has 0 saturated carbocycles. The van der Waals surface area contributed by atoms with Crippen LogP contribution < -0.4 is 0 Å². The van der Waals surface area contributed by atoms with Crippen LogP contribution in [0.1, 0.15) is 22.3 Å². The van der Waals surface area contributed by atoms with E-state index in [2.05, 4.69) is 18.2 Å². The number of rotatable bonds is 5. The molecule has 1 N–H and O–H groups in total. The molecule has 110 valence electrons. The van der Waals surface area contributed by atoms with Gasteiger partial charge in [0.05, 0.1) is 0 Å². The number of aliphatic carboxylic acids is 1. The summed E-state index contributed by atoms with van der Waals surface area (Å²) in [7, 11) is 0. The van der Waals surface area contributed by atoms with Crippen molar-refractivity contribution in [1.29, 1.82) is 0 Å². The number of thioether (sulfide) groups is 1. The third-order valence-electron chi connectivity index (χ3n) is 3.28. The average molecular weight is 300 g/mol. The molecule has 1 atom stereocenters. The molecule has 0 heterocycles. The zero-order chi connectivity index (χ0) is 15.4. The number of hydrogen-bond acceptors (Lipinski definition) is 2. The van der Waals surface area contributed by atoms with Crippen LogP contribution in [0.2, 0.25) is 0 Å². The van der Waals surface area contributed by atoms with Gasteiger partial charge in [0.2, 0.25) is 0 Å². The van der Waals surface area contributed by atoms with Crippen molar-refractivity contribution in [3.8, 4) is 0 Å². The maximum absolute atomic E-state index is 11.5. The quantitative estimate of drug-likeness (QED) is 0.832. The zero-order valence-electron chi connectivity index (χ0n) is 12.6. The van der Waals surface area contributed by atoms with E-state index >= 15 is 0 Å². The Bertz CT molecular complexity index is 612. The summed E-state index contributed by atoms with van der Waals surface area (Å²) < 4.78 is 0. The first-order valence-corrected chi connectivity index (χ1v) is 7.85. The van der Waals surface area contributed by atoms with Crippen molar-refractivity contribution in [2.24, 2.45) is 0 Å². The van der Waals surface area contributed by atoms with Gasteiger partial charge < -0.3 is 5.11 Å². The predicted molar refractivity (Wildman–Crippen MR) is 88.1 cm³/mol. The third-order valence-corrected chi connectivity index (χ3v) is 4.47. The summed E-state index contributed by atoms with van der Waals surface area (Å²) in [6.07, 6.45) is 0.538. The van der Waals surface area contributed by atoms with Gasteiger partial charge in [-0.25, -0.2) is 0 Å². The topological polar surface area (TPSA) is 37.3 Å². The van der Waals surface area contributed by atoms with Crippen molar-refractivity contribution >= 4 is 17.7 Å². The summed E-state index contributed by atoms with van der Waals surface area (Å²) in [5, 5.41) is 9.00. The molecule has 2 aromatic rings. The Morgan fingerprint density at radius 3 is 2.10 bits per heavy atom. The molecule has 0 saturated heterocycles. The Labute approximate surface area is 130 Å². The van der Waals surface area contributed by atoms with E-state index in [1.165, 1.54) is 28.5 Å². The zero-order valence-corrected chi connectivity index (χ0v) is 13.4. The second kappa shape index (κ2) is 6.81. The van der Waals surface area contributed by atoms with Crippen molar-refractivity contribution in [2.45, 2.75) is 37.3 Å². The first-order valence-electron chi connectivity index (χ1n) is 6.97.